The molecule has 0 amide bonds. The van der Waals surface area contributed by atoms with Gasteiger partial charge >= 0.3 is 0 Å². The third-order valence-corrected chi connectivity index (χ3v) is 4.50. The van der Waals surface area contributed by atoms with Crippen molar-refractivity contribution in [1.29, 1.82) is 0 Å². The highest BCUT2D eigenvalue weighted by Crippen LogP contribution is 2.35. The molecule has 0 aromatic carbocycles. The van der Waals surface area contributed by atoms with Gasteiger partial charge in [0.2, 0.25) is 0 Å². The lowest BCUT2D eigenvalue weighted by Crippen LogP contribution is -2.20. The molecule has 0 bridgehead atoms. The minimum Gasteiger partial charge on any atom is -0.306 e. The first-order valence-corrected chi connectivity index (χ1v) is 6.77. The van der Waals surface area contributed by atoms with Crippen molar-refractivity contribution in [2.75, 3.05) is 6.54 Å². The lowest BCUT2D eigenvalue weighted by Gasteiger charge is -2.15. The summed E-state index contributed by atoms with van der Waals surface area (Å²) in [7, 11) is 0. The highest BCUT2D eigenvalue weighted by atomic mass is 32.1. The van der Waals surface area contributed by atoms with Gasteiger partial charge in [-0.05, 0) is 31.0 Å². The molecule has 3 heteroatoms. The zero-order valence-electron chi connectivity index (χ0n) is 9.04. The Kier molecular flexibility index (Phi) is 3.24. The minimum atomic E-state index is 0.319. The second kappa shape index (κ2) is 4.47. The van der Waals surface area contributed by atoms with Crippen molar-refractivity contribution in [3.8, 4) is 0 Å². The topological polar surface area (TPSA) is 12.0 Å². The van der Waals surface area contributed by atoms with E-state index in [-0.39, 0.29) is 0 Å². The van der Waals surface area contributed by atoms with Crippen molar-refractivity contribution in [3.63, 3.8) is 0 Å². The Morgan fingerprint density at radius 3 is 2.93 bits per heavy atom. The molecule has 2 rings (SSSR count). The summed E-state index contributed by atoms with van der Waals surface area (Å²) < 4.78 is 2.78. The van der Waals surface area contributed by atoms with E-state index in [9.17, 15) is 0 Å². The Labute approximate surface area is 98.4 Å². The van der Waals surface area contributed by atoms with Crippen molar-refractivity contribution < 1.29 is 0 Å². The Morgan fingerprint density at radius 1 is 1.53 bits per heavy atom. The molecule has 1 unspecified atom stereocenters. The third-order valence-electron chi connectivity index (χ3n) is 2.34. The molecule has 0 saturated heterocycles. The standard InChI is InChI=1S/C12H15NS2/c1-4-13-12(8(2)3)11-7-10-9(15-11)5-6-14-10/h5-7,12-13H,2,4H2,1,3H3. The van der Waals surface area contributed by atoms with Crippen LogP contribution in [0.4, 0.5) is 0 Å². The Balaban J connectivity index is 2.34. The van der Waals surface area contributed by atoms with Crippen LogP contribution in [0.2, 0.25) is 0 Å². The number of hydrogen-bond acceptors (Lipinski definition) is 3. The van der Waals surface area contributed by atoms with Gasteiger partial charge in [0.15, 0.2) is 0 Å². The highest BCUT2D eigenvalue weighted by molar-refractivity contribution is 7.27. The van der Waals surface area contributed by atoms with Crippen molar-refractivity contribution >= 4 is 32.1 Å². The summed E-state index contributed by atoms with van der Waals surface area (Å²) in [5, 5.41) is 5.61. The van der Waals surface area contributed by atoms with Gasteiger partial charge in [-0.2, -0.15) is 0 Å². The van der Waals surface area contributed by atoms with Crippen molar-refractivity contribution in [3.05, 3.63) is 34.5 Å². The van der Waals surface area contributed by atoms with Gasteiger partial charge in [0, 0.05) is 14.3 Å². The maximum absolute atomic E-state index is 4.05. The molecule has 0 radical (unpaired) electrons. The first kappa shape index (κ1) is 10.9. The van der Waals surface area contributed by atoms with E-state index in [1.54, 1.807) is 0 Å². The minimum absolute atomic E-state index is 0.319. The van der Waals surface area contributed by atoms with Crippen molar-refractivity contribution in [1.82, 2.24) is 5.32 Å². The molecule has 2 aromatic rings. The average molecular weight is 237 g/mol. The zero-order valence-corrected chi connectivity index (χ0v) is 10.7. The normalized spacial score (nSPS) is 13.2. The Hall–Kier alpha value is -0.640. The molecular formula is C12H15NS2. The molecule has 2 heterocycles. The molecule has 0 aliphatic heterocycles. The van der Waals surface area contributed by atoms with Crippen LogP contribution < -0.4 is 5.32 Å². The van der Waals surface area contributed by atoms with Crippen LogP contribution in [0.5, 0.6) is 0 Å². The molecule has 0 aliphatic carbocycles. The molecule has 80 valence electrons. The SMILES string of the molecule is C=C(C)C(NCC)c1cc2sccc2s1. The average Bonchev–Trinajstić information content (AvgIpc) is 2.72. The summed E-state index contributed by atoms with van der Waals surface area (Å²) in [6, 6.07) is 4.79. The lowest BCUT2D eigenvalue weighted by molar-refractivity contribution is 0.631. The van der Waals surface area contributed by atoms with E-state index in [1.807, 2.05) is 22.7 Å². The van der Waals surface area contributed by atoms with Crippen LogP contribution in [-0.4, -0.2) is 6.54 Å². The van der Waals surface area contributed by atoms with Crippen LogP contribution in [0.1, 0.15) is 24.8 Å². The fourth-order valence-electron chi connectivity index (χ4n) is 1.65. The summed E-state index contributed by atoms with van der Waals surface area (Å²) in [6.45, 7) is 9.24. The smallest absolute Gasteiger partial charge is 0.0625 e. The largest absolute Gasteiger partial charge is 0.306 e. The van der Waals surface area contributed by atoms with Gasteiger partial charge in [0.05, 0.1) is 6.04 Å². The molecule has 0 aliphatic rings. The summed E-state index contributed by atoms with van der Waals surface area (Å²) in [5.41, 5.74) is 1.19. The van der Waals surface area contributed by atoms with E-state index in [2.05, 4.69) is 43.3 Å². The predicted octanol–water partition coefficient (Wildman–Crippen LogP) is 4.19. The van der Waals surface area contributed by atoms with Gasteiger partial charge in [-0.3, -0.25) is 0 Å². The maximum atomic E-state index is 4.05. The fraction of sp³-hybridized carbons (Fsp3) is 0.333. The van der Waals surface area contributed by atoms with Gasteiger partial charge < -0.3 is 5.32 Å². The van der Waals surface area contributed by atoms with E-state index in [1.165, 1.54) is 19.9 Å². The second-order valence-corrected chi connectivity index (χ2v) is 5.70. The third kappa shape index (κ3) is 2.14. The van der Waals surface area contributed by atoms with Gasteiger partial charge in [0.25, 0.3) is 0 Å². The number of likely N-dealkylation sites (N-methyl/N-ethyl adjacent to an activating group) is 1. The molecule has 1 nitrogen and oxygen atoms in total. The van der Waals surface area contributed by atoms with E-state index < -0.39 is 0 Å². The predicted molar refractivity (Wildman–Crippen MR) is 70.9 cm³/mol. The quantitative estimate of drug-likeness (QED) is 0.786. The van der Waals surface area contributed by atoms with E-state index in [0.29, 0.717) is 6.04 Å². The van der Waals surface area contributed by atoms with Crippen molar-refractivity contribution in [2.45, 2.75) is 19.9 Å². The van der Waals surface area contributed by atoms with Crippen LogP contribution in [-0.2, 0) is 0 Å². The first-order chi connectivity index (χ1) is 7.22. The van der Waals surface area contributed by atoms with E-state index in [4.69, 9.17) is 0 Å². The number of hydrogen-bond donors (Lipinski definition) is 1. The van der Waals surface area contributed by atoms with Crippen LogP contribution in [0.3, 0.4) is 0 Å². The van der Waals surface area contributed by atoms with Crippen LogP contribution in [0.15, 0.2) is 29.7 Å². The van der Waals surface area contributed by atoms with Gasteiger partial charge in [-0.15, -0.1) is 22.7 Å². The number of thiophene rings is 2. The summed E-state index contributed by atoms with van der Waals surface area (Å²) in [6.07, 6.45) is 0. The van der Waals surface area contributed by atoms with Crippen LogP contribution >= 0.6 is 22.7 Å². The summed E-state index contributed by atoms with van der Waals surface area (Å²) in [4.78, 5) is 1.38. The zero-order chi connectivity index (χ0) is 10.8. The highest BCUT2D eigenvalue weighted by Gasteiger charge is 2.14. The molecule has 0 fully saturated rings. The monoisotopic (exact) mass is 237 g/mol. The molecule has 2 aromatic heterocycles. The fourth-order valence-corrected chi connectivity index (χ4v) is 3.94. The molecule has 0 saturated carbocycles. The van der Waals surface area contributed by atoms with Gasteiger partial charge in [-0.1, -0.05) is 19.1 Å². The van der Waals surface area contributed by atoms with Crippen molar-refractivity contribution in [2.24, 2.45) is 0 Å². The van der Waals surface area contributed by atoms with E-state index >= 15 is 0 Å². The summed E-state index contributed by atoms with van der Waals surface area (Å²) >= 11 is 3.68. The molecule has 1 atom stereocenters. The van der Waals surface area contributed by atoms with Crippen LogP contribution in [0, 0.1) is 0 Å². The molecule has 1 N–H and O–H groups in total. The van der Waals surface area contributed by atoms with Gasteiger partial charge in [-0.25, -0.2) is 0 Å². The number of nitrogens with one attached hydrogen (secondary N) is 1. The Bertz CT molecular complexity index is 438. The molecule has 15 heavy (non-hydrogen) atoms. The lowest BCUT2D eigenvalue weighted by atomic mass is 10.1. The summed E-state index contributed by atoms with van der Waals surface area (Å²) in [5.74, 6) is 0. The first-order valence-electron chi connectivity index (χ1n) is 5.08. The van der Waals surface area contributed by atoms with Crippen LogP contribution in [0.25, 0.3) is 9.40 Å². The van der Waals surface area contributed by atoms with Gasteiger partial charge in [0.1, 0.15) is 0 Å². The molecule has 0 spiro atoms. The maximum Gasteiger partial charge on any atom is 0.0625 e. The second-order valence-electron chi connectivity index (χ2n) is 3.63. The van der Waals surface area contributed by atoms with E-state index in [0.717, 1.165) is 6.54 Å². The number of rotatable bonds is 4. The molecular weight excluding hydrogens is 222 g/mol. The number of fused-ring (bicyclic) bond motifs is 1. The Morgan fingerprint density at radius 2 is 2.33 bits per heavy atom.